The predicted octanol–water partition coefficient (Wildman–Crippen LogP) is 2.83. The van der Waals surface area contributed by atoms with Gasteiger partial charge in [-0.15, -0.1) is 0 Å². The molecule has 0 N–H and O–H groups in total. The van der Waals surface area contributed by atoms with E-state index in [0.717, 1.165) is 17.3 Å². The molecule has 1 heterocycles. The van der Waals surface area contributed by atoms with Crippen LogP contribution in [-0.2, 0) is 11.2 Å². The van der Waals surface area contributed by atoms with Gasteiger partial charge in [0.15, 0.2) is 0 Å². The lowest BCUT2D eigenvalue weighted by Crippen LogP contribution is -1.81. The summed E-state index contributed by atoms with van der Waals surface area (Å²) in [5.74, 6) is 0.540. The number of furan rings is 1. The van der Waals surface area contributed by atoms with Crippen molar-refractivity contribution in [3.8, 4) is 0 Å². The van der Waals surface area contributed by atoms with Gasteiger partial charge in [-0.25, -0.2) is 0 Å². The van der Waals surface area contributed by atoms with Gasteiger partial charge in [-0.05, 0) is 12.1 Å². The van der Waals surface area contributed by atoms with Crippen molar-refractivity contribution in [2.45, 2.75) is 6.42 Å². The van der Waals surface area contributed by atoms with Gasteiger partial charge >= 0.3 is 0 Å². The number of carbonyl (C=O) groups excluding carboxylic acids is 1. The van der Waals surface area contributed by atoms with E-state index in [9.17, 15) is 4.79 Å². The zero-order valence-corrected chi connectivity index (χ0v) is 7.54. The molecule has 0 bridgehead atoms. The highest BCUT2D eigenvalue weighted by molar-refractivity contribution is 6.36. The average Bonchev–Trinajstić information content (AvgIpc) is 2.46. The van der Waals surface area contributed by atoms with Gasteiger partial charge in [0.05, 0.1) is 11.4 Å². The van der Waals surface area contributed by atoms with Gasteiger partial charge in [0.2, 0.25) is 0 Å². The van der Waals surface area contributed by atoms with Crippen molar-refractivity contribution in [1.82, 2.24) is 0 Å². The van der Waals surface area contributed by atoms with Gasteiger partial charge in [0.1, 0.15) is 17.6 Å². The van der Waals surface area contributed by atoms with Crippen molar-refractivity contribution in [1.29, 1.82) is 0 Å². The topological polar surface area (TPSA) is 30.2 Å². The first-order valence-corrected chi connectivity index (χ1v) is 4.30. The maximum Gasteiger partial charge on any atom is 0.135 e. The van der Waals surface area contributed by atoms with Gasteiger partial charge in [0, 0.05) is 5.39 Å². The van der Waals surface area contributed by atoms with Crippen LogP contribution in [0.2, 0.25) is 5.02 Å². The van der Waals surface area contributed by atoms with E-state index in [2.05, 4.69) is 0 Å². The largest absolute Gasteiger partial charge is 0.459 e. The number of rotatable bonds is 2. The van der Waals surface area contributed by atoms with Crippen molar-refractivity contribution >= 4 is 28.9 Å². The Balaban J connectivity index is 2.66. The van der Waals surface area contributed by atoms with Crippen LogP contribution in [0.3, 0.4) is 0 Å². The van der Waals surface area contributed by atoms with Crippen molar-refractivity contribution in [3.05, 3.63) is 35.0 Å². The molecule has 0 aliphatic carbocycles. The third-order valence-corrected chi connectivity index (χ3v) is 2.28. The standard InChI is InChI=1S/C10H7ClO2/c11-10-7-3-1-2-4-8(7)13-9(10)5-6-12/h1-4,6H,5H2. The second-order valence-electron chi connectivity index (χ2n) is 2.71. The summed E-state index contributed by atoms with van der Waals surface area (Å²) in [5.41, 5.74) is 0.726. The Morgan fingerprint density at radius 1 is 1.38 bits per heavy atom. The van der Waals surface area contributed by atoms with E-state index in [1.807, 2.05) is 24.3 Å². The van der Waals surface area contributed by atoms with Crippen molar-refractivity contribution in [2.24, 2.45) is 0 Å². The summed E-state index contributed by atoms with van der Waals surface area (Å²) in [6.45, 7) is 0. The lowest BCUT2D eigenvalue weighted by Gasteiger charge is -1.85. The summed E-state index contributed by atoms with van der Waals surface area (Å²) in [5, 5.41) is 1.41. The Morgan fingerprint density at radius 3 is 2.85 bits per heavy atom. The molecule has 66 valence electrons. The maximum absolute atomic E-state index is 10.3. The molecule has 0 atom stereocenters. The van der Waals surface area contributed by atoms with Gasteiger partial charge in [-0.1, -0.05) is 23.7 Å². The number of aldehydes is 1. The number of hydrogen-bond acceptors (Lipinski definition) is 2. The number of fused-ring (bicyclic) bond motifs is 1. The molecule has 0 aliphatic rings. The zero-order chi connectivity index (χ0) is 9.26. The minimum Gasteiger partial charge on any atom is -0.459 e. The fraction of sp³-hybridized carbons (Fsp3) is 0.100. The van der Waals surface area contributed by atoms with Crippen LogP contribution in [0, 0.1) is 0 Å². The molecule has 0 aliphatic heterocycles. The van der Waals surface area contributed by atoms with Gasteiger partial charge in [-0.3, -0.25) is 0 Å². The molecule has 1 aromatic heterocycles. The number of hydrogen-bond donors (Lipinski definition) is 0. The van der Waals surface area contributed by atoms with Crippen molar-refractivity contribution < 1.29 is 9.21 Å². The van der Waals surface area contributed by atoms with E-state index in [4.69, 9.17) is 16.0 Å². The Bertz CT molecular complexity index is 445. The van der Waals surface area contributed by atoms with E-state index < -0.39 is 0 Å². The second kappa shape index (κ2) is 3.23. The van der Waals surface area contributed by atoms with Gasteiger partial charge in [-0.2, -0.15) is 0 Å². The highest BCUT2D eigenvalue weighted by Gasteiger charge is 2.10. The lowest BCUT2D eigenvalue weighted by atomic mass is 10.2. The smallest absolute Gasteiger partial charge is 0.135 e. The molecule has 2 rings (SSSR count). The normalized spacial score (nSPS) is 10.5. The minimum atomic E-state index is 0.230. The minimum absolute atomic E-state index is 0.230. The van der Waals surface area contributed by atoms with Crippen LogP contribution in [-0.4, -0.2) is 6.29 Å². The van der Waals surface area contributed by atoms with E-state index in [1.165, 1.54) is 0 Å². The molecule has 2 aromatic rings. The SMILES string of the molecule is O=CCc1oc2ccccc2c1Cl. The highest BCUT2D eigenvalue weighted by atomic mass is 35.5. The summed E-state index contributed by atoms with van der Waals surface area (Å²) in [4.78, 5) is 10.3. The lowest BCUT2D eigenvalue weighted by molar-refractivity contribution is -0.107. The number of halogens is 1. The first-order chi connectivity index (χ1) is 6.33. The molecular formula is C10H7ClO2. The average molecular weight is 195 g/mol. The number of carbonyl (C=O) groups is 1. The van der Waals surface area contributed by atoms with Crippen LogP contribution in [0.1, 0.15) is 5.76 Å². The van der Waals surface area contributed by atoms with E-state index in [1.54, 1.807) is 0 Å². The van der Waals surface area contributed by atoms with Gasteiger partial charge in [0.25, 0.3) is 0 Å². The molecule has 0 amide bonds. The summed E-state index contributed by atoms with van der Waals surface area (Å²) in [6, 6.07) is 7.45. The van der Waals surface area contributed by atoms with Crippen LogP contribution in [0.15, 0.2) is 28.7 Å². The molecule has 0 fully saturated rings. The Morgan fingerprint density at radius 2 is 2.15 bits per heavy atom. The Labute approximate surface area is 80.1 Å². The molecule has 0 saturated heterocycles. The Hall–Kier alpha value is -1.28. The molecular weight excluding hydrogens is 188 g/mol. The molecule has 0 spiro atoms. The van der Waals surface area contributed by atoms with Crippen LogP contribution in [0.25, 0.3) is 11.0 Å². The fourth-order valence-corrected chi connectivity index (χ4v) is 1.54. The quantitative estimate of drug-likeness (QED) is 0.689. The third-order valence-electron chi connectivity index (χ3n) is 1.87. The second-order valence-corrected chi connectivity index (χ2v) is 3.08. The highest BCUT2D eigenvalue weighted by Crippen LogP contribution is 2.29. The molecule has 3 heteroatoms. The molecule has 0 saturated carbocycles. The van der Waals surface area contributed by atoms with E-state index in [-0.39, 0.29) is 6.42 Å². The van der Waals surface area contributed by atoms with Crippen LogP contribution in [0.4, 0.5) is 0 Å². The molecule has 2 nitrogen and oxygen atoms in total. The molecule has 1 aromatic carbocycles. The monoisotopic (exact) mass is 194 g/mol. The summed E-state index contributed by atoms with van der Waals surface area (Å²) in [7, 11) is 0. The predicted molar refractivity (Wildman–Crippen MR) is 51.0 cm³/mol. The molecule has 13 heavy (non-hydrogen) atoms. The number of para-hydroxylation sites is 1. The summed E-state index contributed by atoms with van der Waals surface area (Å²) >= 11 is 5.98. The summed E-state index contributed by atoms with van der Waals surface area (Å²) in [6.07, 6.45) is 1.01. The number of benzene rings is 1. The zero-order valence-electron chi connectivity index (χ0n) is 6.79. The van der Waals surface area contributed by atoms with E-state index >= 15 is 0 Å². The van der Waals surface area contributed by atoms with Crippen LogP contribution >= 0.6 is 11.6 Å². The Kier molecular flexibility index (Phi) is 2.07. The fourth-order valence-electron chi connectivity index (χ4n) is 1.27. The third kappa shape index (κ3) is 1.33. The first-order valence-electron chi connectivity index (χ1n) is 3.92. The first kappa shape index (κ1) is 8.32. The van der Waals surface area contributed by atoms with Crippen molar-refractivity contribution in [3.63, 3.8) is 0 Å². The molecule has 0 radical (unpaired) electrons. The van der Waals surface area contributed by atoms with Gasteiger partial charge < -0.3 is 9.21 Å². The van der Waals surface area contributed by atoms with Crippen LogP contribution < -0.4 is 0 Å². The molecule has 0 unspecified atom stereocenters. The summed E-state index contributed by atoms with van der Waals surface area (Å²) < 4.78 is 5.38. The maximum atomic E-state index is 10.3. The van der Waals surface area contributed by atoms with E-state index in [0.29, 0.717) is 10.8 Å². The van der Waals surface area contributed by atoms with Crippen molar-refractivity contribution in [2.75, 3.05) is 0 Å². The van der Waals surface area contributed by atoms with Crippen LogP contribution in [0.5, 0.6) is 0 Å².